The highest BCUT2D eigenvalue weighted by atomic mass is 16.5. The standard InChI is InChI=1S/C16H25N3O/c1-2-20-16(8-5-3-4-6-9-16)15-18-12-13-11-17-10-7-14(13)19-15/h12,17H,2-11H2,1H3. The van der Waals surface area contributed by atoms with Gasteiger partial charge in [-0.1, -0.05) is 25.7 Å². The van der Waals surface area contributed by atoms with Crippen molar-refractivity contribution in [1.29, 1.82) is 0 Å². The number of hydrogen-bond donors (Lipinski definition) is 1. The fourth-order valence-corrected chi connectivity index (χ4v) is 3.46. The van der Waals surface area contributed by atoms with Crippen LogP contribution in [0.4, 0.5) is 0 Å². The van der Waals surface area contributed by atoms with Crippen LogP contribution in [0.5, 0.6) is 0 Å². The van der Waals surface area contributed by atoms with E-state index in [-0.39, 0.29) is 5.60 Å². The maximum atomic E-state index is 6.19. The summed E-state index contributed by atoms with van der Waals surface area (Å²) in [4.78, 5) is 9.57. The molecular weight excluding hydrogens is 250 g/mol. The van der Waals surface area contributed by atoms with E-state index < -0.39 is 0 Å². The molecule has 1 saturated carbocycles. The van der Waals surface area contributed by atoms with Crippen LogP contribution >= 0.6 is 0 Å². The second kappa shape index (κ2) is 6.19. The van der Waals surface area contributed by atoms with Gasteiger partial charge in [-0.05, 0) is 19.8 Å². The van der Waals surface area contributed by atoms with Crippen molar-refractivity contribution < 1.29 is 4.74 Å². The van der Waals surface area contributed by atoms with Crippen LogP contribution in [-0.2, 0) is 23.3 Å². The fourth-order valence-electron chi connectivity index (χ4n) is 3.46. The van der Waals surface area contributed by atoms with Gasteiger partial charge in [-0.25, -0.2) is 9.97 Å². The molecule has 3 rings (SSSR count). The number of rotatable bonds is 3. The van der Waals surface area contributed by atoms with E-state index in [2.05, 4.69) is 17.2 Å². The van der Waals surface area contributed by atoms with Crippen molar-refractivity contribution in [1.82, 2.24) is 15.3 Å². The smallest absolute Gasteiger partial charge is 0.160 e. The topological polar surface area (TPSA) is 47.0 Å². The van der Waals surface area contributed by atoms with E-state index in [9.17, 15) is 0 Å². The highest BCUT2D eigenvalue weighted by molar-refractivity contribution is 5.22. The predicted octanol–water partition coefficient (Wildman–Crippen LogP) is 2.71. The highest BCUT2D eigenvalue weighted by Gasteiger charge is 2.36. The number of aromatic nitrogens is 2. The molecule has 1 N–H and O–H groups in total. The summed E-state index contributed by atoms with van der Waals surface area (Å²) in [5.74, 6) is 0.932. The van der Waals surface area contributed by atoms with E-state index in [0.717, 1.165) is 44.8 Å². The molecule has 0 amide bonds. The Hall–Kier alpha value is -1.00. The molecule has 0 aromatic carbocycles. The van der Waals surface area contributed by atoms with Gasteiger partial charge >= 0.3 is 0 Å². The van der Waals surface area contributed by atoms with Gasteiger partial charge in [0.2, 0.25) is 0 Å². The molecule has 1 aliphatic carbocycles. The summed E-state index contributed by atoms with van der Waals surface area (Å²) in [6.07, 6.45) is 10.2. The van der Waals surface area contributed by atoms with Gasteiger partial charge in [0.05, 0.1) is 0 Å². The molecule has 0 spiro atoms. The van der Waals surface area contributed by atoms with Gasteiger partial charge in [0.25, 0.3) is 0 Å². The van der Waals surface area contributed by atoms with Crippen LogP contribution in [-0.4, -0.2) is 23.1 Å². The molecule has 0 unspecified atom stereocenters. The Morgan fingerprint density at radius 3 is 2.80 bits per heavy atom. The summed E-state index contributed by atoms with van der Waals surface area (Å²) < 4.78 is 6.19. The lowest BCUT2D eigenvalue weighted by molar-refractivity contribution is -0.0626. The average Bonchev–Trinajstić information content (AvgIpc) is 2.74. The third kappa shape index (κ3) is 2.72. The third-order valence-electron chi connectivity index (χ3n) is 4.55. The lowest BCUT2D eigenvalue weighted by atomic mass is 9.92. The van der Waals surface area contributed by atoms with Crippen molar-refractivity contribution in [2.24, 2.45) is 0 Å². The summed E-state index contributed by atoms with van der Waals surface area (Å²) in [5.41, 5.74) is 2.24. The summed E-state index contributed by atoms with van der Waals surface area (Å²) in [5, 5.41) is 3.37. The van der Waals surface area contributed by atoms with Crippen LogP contribution in [0.3, 0.4) is 0 Å². The molecular formula is C16H25N3O. The Balaban J connectivity index is 1.93. The Bertz CT molecular complexity index is 453. The van der Waals surface area contributed by atoms with Crippen LogP contribution in [0.25, 0.3) is 0 Å². The number of fused-ring (bicyclic) bond motifs is 1. The zero-order valence-corrected chi connectivity index (χ0v) is 12.5. The zero-order chi connectivity index (χ0) is 13.8. The van der Waals surface area contributed by atoms with Crippen molar-refractivity contribution in [2.45, 2.75) is 64.0 Å². The molecule has 1 fully saturated rings. The average molecular weight is 275 g/mol. The molecule has 1 aliphatic heterocycles. The van der Waals surface area contributed by atoms with Gasteiger partial charge in [-0.3, -0.25) is 0 Å². The first-order valence-corrected chi connectivity index (χ1v) is 8.04. The fraction of sp³-hybridized carbons (Fsp3) is 0.750. The van der Waals surface area contributed by atoms with Gasteiger partial charge in [0.15, 0.2) is 5.82 Å². The quantitative estimate of drug-likeness (QED) is 0.862. The maximum Gasteiger partial charge on any atom is 0.160 e. The molecule has 0 saturated heterocycles. The van der Waals surface area contributed by atoms with E-state index in [4.69, 9.17) is 9.72 Å². The zero-order valence-electron chi connectivity index (χ0n) is 12.5. The first kappa shape index (κ1) is 14.0. The molecule has 2 aliphatic rings. The van der Waals surface area contributed by atoms with Crippen LogP contribution in [0, 0.1) is 0 Å². The summed E-state index contributed by atoms with van der Waals surface area (Å²) in [6.45, 7) is 4.74. The molecule has 4 nitrogen and oxygen atoms in total. The maximum absolute atomic E-state index is 6.19. The van der Waals surface area contributed by atoms with Gasteiger partial charge in [-0.15, -0.1) is 0 Å². The van der Waals surface area contributed by atoms with Crippen molar-refractivity contribution in [3.8, 4) is 0 Å². The molecule has 4 heteroatoms. The number of hydrogen-bond acceptors (Lipinski definition) is 4. The van der Waals surface area contributed by atoms with Gasteiger partial charge in [0.1, 0.15) is 5.60 Å². The van der Waals surface area contributed by atoms with Crippen molar-refractivity contribution in [2.75, 3.05) is 13.2 Å². The molecule has 0 radical (unpaired) electrons. The number of nitrogens with zero attached hydrogens (tertiary/aromatic N) is 2. The molecule has 1 aromatic heterocycles. The number of nitrogens with one attached hydrogen (secondary N) is 1. The minimum absolute atomic E-state index is 0.231. The van der Waals surface area contributed by atoms with Crippen LogP contribution in [0.2, 0.25) is 0 Å². The molecule has 2 heterocycles. The number of ether oxygens (including phenoxy) is 1. The molecule has 20 heavy (non-hydrogen) atoms. The third-order valence-corrected chi connectivity index (χ3v) is 4.55. The van der Waals surface area contributed by atoms with Crippen LogP contribution in [0.15, 0.2) is 6.20 Å². The van der Waals surface area contributed by atoms with Gasteiger partial charge in [0, 0.05) is 43.6 Å². The van der Waals surface area contributed by atoms with Crippen molar-refractivity contribution in [3.63, 3.8) is 0 Å². The second-order valence-electron chi connectivity index (χ2n) is 5.93. The Morgan fingerprint density at radius 1 is 1.25 bits per heavy atom. The monoisotopic (exact) mass is 275 g/mol. The SMILES string of the molecule is CCOC1(c2ncc3c(n2)CCNC3)CCCCCC1. The van der Waals surface area contributed by atoms with Gasteiger partial charge < -0.3 is 10.1 Å². The van der Waals surface area contributed by atoms with Crippen LogP contribution < -0.4 is 5.32 Å². The van der Waals surface area contributed by atoms with Crippen molar-refractivity contribution >= 4 is 0 Å². The highest BCUT2D eigenvalue weighted by Crippen LogP contribution is 2.38. The second-order valence-corrected chi connectivity index (χ2v) is 5.93. The predicted molar refractivity (Wildman–Crippen MR) is 78.4 cm³/mol. The Labute approximate surface area is 121 Å². The largest absolute Gasteiger partial charge is 0.367 e. The summed E-state index contributed by atoms with van der Waals surface area (Å²) in [7, 11) is 0. The van der Waals surface area contributed by atoms with E-state index in [0.29, 0.717) is 0 Å². The first-order valence-electron chi connectivity index (χ1n) is 8.04. The molecule has 0 atom stereocenters. The molecule has 110 valence electrons. The molecule has 0 bridgehead atoms. The van der Waals surface area contributed by atoms with Gasteiger partial charge in [-0.2, -0.15) is 0 Å². The Morgan fingerprint density at radius 2 is 2.05 bits per heavy atom. The normalized spacial score (nSPS) is 22.1. The van der Waals surface area contributed by atoms with Crippen molar-refractivity contribution in [3.05, 3.63) is 23.3 Å². The lowest BCUT2D eigenvalue weighted by Crippen LogP contribution is -2.33. The lowest BCUT2D eigenvalue weighted by Gasteiger charge is -2.32. The minimum Gasteiger partial charge on any atom is -0.367 e. The molecule has 1 aromatic rings. The van der Waals surface area contributed by atoms with E-state index in [1.807, 2.05) is 6.20 Å². The first-order chi connectivity index (χ1) is 9.84. The van der Waals surface area contributed by atoms with Crippen LogP contribution in [0.1, 0.15) is 62.5 Å². The van der Waals surface area contributed by atoms with E-state index in [1.165, 1.54) is 36.9 Å². The Kier molecular flexibility index (Phi) is 4.32. The van der Waals surface area contributed by atoms with E-state index >= 15 is 0 Å². The minimum atomic E-state index is -0.231. The van der Waals surface area contributed by atoms with E-state index in [1.54, 1.807) is 0 Å². The summed E-state index contributed by atoms with van der Waals surface area (Å²) >= 11 is 0. The summed E-state index contributed by atoms with van der Waals surface area (Å²) in [6, 6.07) is 0.